The first-order chi connectivity index (χ1) is 17.2. The largest absolute Gasteiger partial charge is 0.435 e. The van der Waals surface area contributed by atoms with Crippen molar-refractivity contribution in [2.75, 3.05) is 13.2 Å². The Balaban J connectivity index is 1.77. The van der Waals surface area contributed by atoms with E-state index in [1.165, 1.54) is 6.07 Å². The molecule has 0 radical (unpaired) electrons. The molecule has 36 heavy (non-hydrogen) atoms. The fraction of sp³-hybridized carbons (Fsp3) is 0.429. The van der Waals surface area contributed by atoms with Gasteiger partial charge in [0.1, 0.15) is 0 Å². The zero-order chi connectivity index (χ0) is 25.7. The number of para-hydroxylation sites is 2. The maximum absolute atomic E-state index is 14.6. The van der Waals surface area contributed by atoms with Gasteiger partial charge in [-0.2, -0.15) is 5.10 Å². The Bertz CT molecular complexity index is 1170. The van der Waals surface area contributed by atoms with Gasteiger partial charge in [0.25, 0.3) is 0 Å². The molecule has 4 rings (SSSR count). The van der Waals surface area contributed by atoms with Crippen LogP contribution in [0.25, 0.3) is 5.69 Å². The molecule has 1 fully saturated rings. The number of nitrogens with zero attached hydrogens (tertiary/aromatic N) is 3. The Labute approximate surface area is 212 Å². The predicted octanol–water partition coefficient (Wildman–Crippen LogP) is 5.86. The molecule has 192 valence electrons. The van der Waals surface area contributed by atoms with Crippen molar-refractivity contribution in [2.24, 2.45) is 0 Å². The van der Waals surface area contributed by atoms with Crippen molar-refractivity contribution in [3.05, 3.63) is 71.7 Å². The summed E-state index contributed by atoms with van der Waals surface area (Å²) in [4.78, 5) is 15.1. The van der Waals surface area contributed by atoms with Crippen molar-refractivity contribution in [2.45, 2.75) is 65.1 Å². The molecular formula is C28H35FN4O3. The number of nitrogens with one attached hydrogen (secondary N) is 1. The van der Waals surface area contributed by atoms with E-state index in [1.54, 1.807) is 27.8 Å². The van der Waals surface area contributed by atoms with Crippen LogP contribution in [0.15, 0.2) is 54.6 Å². The lowest BCUT2D eigenvalue weighted by Crippen LogP contribution is -2.50. The molecule has 0 saturated carbocycles. The van der Waals surface area contributed by atoms with Gasteiger partial charge in [0.15, 0.2) is 11.6 Å². The lowest BCUT2D eigenvalue weighted by molar-refractivity contribution is 0.0779. The molecular weight excluding hydrogens is 459 g/mol. The summed E-state index contributed by atoms with van der Waals surface area (Å²) in [7, 11) is 0. The Kier molecular flexibility index (Phi) is 7.94. The van der Waals surface area contributed by atoms with E-state index in [9.17, 15) is 9.18 Å². The van der Waals surface area contributed by atoms with E-state index in [4.69, 9.17) is 14.6 Å². The van der Waals surface area contributed by atoms with Crippen molar-refractivity contribution >= 4 is 6.03 Å². The summed E-state index contributed by atoms with van der Waals surface area (Å²) >= 11 is 0. The molecule has 1 N–H and O–H groups in total. The highest BCUT2D eigenvalue weighted by Crippen LogP contribution is 2.33. The Hall–Kier alpha value is -3.39. The number of hydrogen-bond acceptors (Lipinski definition) is 4. The third kappa shape index (κ3) is 6.23. The minimum atomic E-state index is -0.469. The molecule has 1 aliphatic rings. The fourth-order valence-electron chi connectivity index (χ4n) is 4.25. The van der Waals surface area contributed by atoms with Gasteiger partial charge in [-0.25, -0.2) is 13.9 Å². The molecule has 1 aromatic heterocycles. The van der Waals surface area contributed by atoms with Crippen LogP contribution in [-0.2, 0) is 17.7 Å². The van der Waals surface area contributed by atoms with Crippen LogP contribution in [0.4, 0.5) is 9.18 Å². The molecule has 3 aromatic rings. The SMILES string of the molecule is CCc1nn(-c2ccccc2)c(Oc2ccccc2F)c1CN(C[C@@H]1CCCO1)C(=O)NC(C)(C)C. The van der Waals surface area contributed by atoms with Crippen LogP contribution in [-0.4, -0.2) is 45.5 Å². The molecule has 0 bridgehead atoms. The second-order valence-electron chi connectivity index (χ2n) is 10.1. The quantitative estimate of drug-likeness (QED) is 0.426. The van der Waals surface area contributed by atoms with E-state index >= 15 is 0 Å². The van der Waals surface area contributed by atoms with Crippen molar-refractivity contribution in [3.63, 3.8) is 0 Å². The van der Waals surface area contributed by atoms with Crippen LogP contribution in [0.2, 0.25) is 0 Å². The van der Waals surface area contributed by atoms with Crippen molar-refractivity contribution < 1.29 is 18.7 Å². The average Bonchev–Trinajstić information content (AvgIpc) is 3.47. The van der Waals surface area contributed by atoms with E-state index in [0.717, 1.165) is 29.8 Å². The smallest absolute Gasteiger partial charge is 0.318 e. The summed E-state index contributed by atoms with van der Waals surface area (Å²) in [6.07, 6.45) is 2.48. The molecule has 8 heteroatoms. The van der Waals surface area contributed by atoms with Gasteiger partial charge < -0.3 is 19.7 Å². The number of aromatic nitrogens is 2. The standard InChI is InChI=1S/C28H35FN4O3/c1-5-24-22(19-32(18-21-14-11-17-35-21)27(34)30-28(2,3)4)26(36-25-16-10-9-15-23(25)29)33(31-24)20-12-7-6-8-13-20/h6-10,12-13,15-16,21H,5,11,14,17-19H2,1-4H3,(H,30,34)/t21-/m0/s1. The first kappa shape index (κ1) is 25.7. The summed E-state index contributed by atoms with van der Waals surface area (Å²) in [5.74, 6) is 0.0244. The van der Waals surface area contributed by atoms with E-state index in [2.05, 4.69) is 5.32 Å². The Morgan fingerprint density at radius 2 is 1.92 bits per heavy atom. The molecule has 1 atom stereocenters. The molecule has 0 spiro atoms. The highest BCUT2D eigenvalue weighted by atomic mass is 19.1. The predicted molar refractivity (Wildman–Crippen MR) is 137 cm³/mol. The van der Waals surface area contributed by atoms with Gasteiger partial charge in [-0.1, -0.05) is 37.3 Å². The van der Waals surface area contributed by atoms with Gasteiger partial charge in [0, 0.05) is 18.7 Å². The monoisotopic (exact) mass is 494 g/mol. The molecule has 0 aliphatic carbocycles. The lowest BCUT2D eigenvalue weighted by Gasteiger charge is -2.30. The van der Waals surface area contributed by atoms with Crippen LogP contribution in [0, 0.1) is 5.82 Å². The van der Waals surface area contributed by atoms with E-state index in [-0.39, 0.29) is 24.4 Å². The third-order valence-electron chi connectivity index (χ3n) is 5.96. The van der Waals surface area contributed by atoms with E-state index in [0.29, 0.717) is 25.5 Å². The summed E-state index contributed by atoms with van der Waals surface area (Å²) in [6.45, 7) is 9.26. The van der Waals surface area contributed by atoms with Gasteiger partial charge in [0.05, 0.1) is 29.6 Å². The minimum Gasteiger partial charge on any atom is -0.435 e. The van der Waals surface area contributed by atoms with Gasteiger partial charge in [0.2, 0.25) is 5.88 Å². The van der Waals surface area contributed by atoms with Gasteiger partial charge in [-0.05, 0) is 64.3 Å². The van der Waals surface area contributed by atoms with Crippen LogP contribution < -0.4 is 10.1 Å². The number of carbonyl (C=O) groups is 1. The molecule has 1 aliphatic heterocycles. The maximum Gasteiger partial charge on any atom is 0.318 e. The van der Waals surface area contributed by atoms with Gasteiger partial charge in [-0.15, -0.1) is 0 Å². The zero-order valence-electron chi connectivity index (χ0n) is 21.5. The first-order valence-electron chi connectivity index (χ1n) is 12.5. The normalized spacial score (nSPS) is 15.6. The Morgan fingerprint density at radius 1 is 1.19 bits per heavy atom. The van der Waals surface area contributed by atoms with Crippen molar-refractivity contribution in [3.8, 4) is 17.3 Å². The second-order valence-corrected chi connectivity index (χ2v) is 10.1. The van der Waals surface area contributed by atoms with Crippen LogP contribution in [0.5, 0.6) is 11.6 Å². The number of aryl methyl sites for hydroxylation is 1. The third-order valence-corrected chi connectivity index (χ3v) is 5.96. The highest BCUT2D eigenvalue weighted by molar-refractivity contribution is 5.75. The fourth-order valence-corrected chi connectivity index (χ4v) is 4.25. The number of hydrogen-bond donors (Lipinski definition) is 1. The summed E-state index contributed by atoms with van der Waals surface area (Å²) in [5.41, 5.74) is 1.91. The second kappa shape index (κ2) is 11.1. The number of halogens is 1. The maximum atomic E-state index is 14.6. The lowest BCUT2D eigenvalue weighted by atomic mass is 10.1. The summed E-state index contributed by atoms with van der Waals surface area (Å²) < 4.78 is 28.4. The highest BCUT2D eigenvalue weighted by Gasteiger charge is 2.29. The number of benzene rings is 2. The minimum absolute atomic E-state index is 0.0269. The van der Waals surface area contributed by atoms with E-state index in [1.807, 2.05) is 58.0 Å². The molecule has 1 saturated heterocycles. The van der Waals surface area contributed by atoms with Crippen LogP contribution in [0.1, 0.15) is 51.8 Å². The molecule has 2 aromatic carbocycles. The number of urea groups is 1. The van der Waals surface area contributed by atoms with Gasteiger partial charge >= 0.3 is 6.03 Å². The summed E-state index contributed by atoms with van der Waals surface area (Å²) in [5, 5.41) is 7.89. The molecule has 2 amide bonds. The first-order valence-corrected chi connectivity index (χ1v) is 12.5. The number of carbonyl (C=O) groups excluding carboxylic acids is 1. The number of ether oxygens (including phenoxy) is 2. The molecule has 2 heterocycles. The number of rotatable bonds is 8. The van der Waals surface area contributed by atoms with Crippen molar-refractivity contribution in [1.82, 2.24) is 20.0 Å². The molecule has 0 unspecified atom stereocenters. The Morgan fingerprint density at radius 3 is 2.56 bits per heavy atom. The van der Waals surface area contributed by atoms with E-state index < -0.39 is 11.4 Å². The molecule has 7 nitrogen and oxygen atoms in total. The number of amides is 2. The van der Waals surface area contributed by atoms with Crippen LogP contribution >= 0.6 is 0 Å². The van der Waals surface area contributed by atoms with Gasteiger partial charge in [-0.3, -0.25) is 0 Å². The van der Waals surface area contributed by atoms with Crippen molar-refractivity contribution in [1.29, 1.82) is 0 Å². The summed E-state index contributed by atoms with van der Waals surface area (Å²) in [6, 6.07) is 15.7. The topological polar surface area (TPSA) is 68.6 Å². The van der Waals surface area contributed by atoms with Crippen LogP contribution in [0.3, 0.4) is 0 Å². The average molecular weight is 495 g/mol. The zero-order valence-corrected chi connectivity index (χ0v) is 21.5.